The molecule has 2 heterocycles. The average molecular weight is 389 g/mol. The summed E-state index contributed by atoms with van der Waals surface area (Å²) in [5.41, 5.74) is 3.54. The van der Waals surface area contributed by atoms with E-state index in [1.807, 2.05) is 25.4 Å². The van der Waals surface area contributed by atoms with Crippen LogP contribution in [-0.2, 0) is 24.8 Å². The first-order valence-electron chi connectivity index (χ1n) is 8.16. The van der Waals surface area contributed by atoms with E-state index in [4.69, 9.17) is 23.2 Å². The molecule has 134 valence electrons. The SMILES string of the molecule is Cn1cc(-c2ccc(CNC(=O)CCc3c(Cl)cccc3Cl)cn2)cn1. The van der Waals surface area contributed by atoms with Gasteiger partial charge in [-0.05, 0) is 35.7 Å². The molecular weight excluding hydrogens is 371 g/mol. The maximum atomic E-state index is 12.1. The Kier molecular flexibility index (Phi) is 5.91. The molecule has 0 atom stereocenters. The Labute approximate surface area is 162 Å². The molecule has 1 amide bonds. The number of benzene rings is 1. The van der Waals surface area contributed by atoms with Crippen molar-refractivity contribution in [2.45, 2.75) is 19.4 Å². The zero-order valence-corrected chi connectivity index (χ0v) is 15.8. The highest BCUT2D eigenvalue weighted by Crippen LogP contribution is 2.25. The van der Waals surface area contributed by atoms with Crippen molar-refractivity contribution in [1.29, 1.82) is 0 Å². The molecule has 7 heteroatoms. The van der Waals surface area contributed by atoms with E-state index in [-0.39, 0.29) is 5.91 Å². The average Bonchev–Trinajstić information content (AvgIpc) is 3.06. The summed E-state index contributed by atoms with van der Waals surface area (Å²) in [6.07, 6.45) is 6.26. The monoisotopic (exact) mass is 388 g/mol. The van der Waals surface area contributed by atoms with Gasteiger partial charge < -0.3 is 5.32 Å². The van der Waals surface area contributed by atoms with Gasteiger partial charge in [-0.15, -0.1) is 0 Å². The van der Waals surface area contributed by atoms with Crippen molar-refractivity contribution in [3.05, 3.63) is 70.1 Å². The van der Waals surface area contributed by atoms with Gasteiger partial charge in [0, 0.05) is 48.0 Å². The Morgan fingerprint density at radius 1 is 1.15 bits per heavy atom. The van der Waals surface area contributed by atoms with Gasteiger partial charge in [-0.1, -0.05) is 35.3 Å². The van der Waals surface area contributed by atoms with E-state index in [1.54, 1.807) is 35.3 Å². The molecule has 0 aliphatic carbocycles. The summed E-state index contributed by atoms with van der Waals surface area (Å²) in [5.74, 6) is -0.0580. The normalized spacial score (nSPS) is 10.7. The highest BCUT2D eigenvalue weighted by atomic mass is 35.5. The first-order chi connectivity index (χ1) is 12.5. The number of hydrogen-bond donors (Lipinski definition) is 1. The molecule has 1 aromatic carbocycles. The van der Waals surface area contributed by atoms with Crippen molar-refractivity contribution in [3.63, 3.8) is 0 Å². The molecule has 0 aliphatic rings. The van der Waals surface area contributed by atoms with Crippen LogP contribution >= 0.6 is 23.2 Å². The fourth-order valence-electron chi connectivity index (χ4n) is 2.55. The van der Waals surface area contributed by atoms with E-state index in [0.29, 0.717) is 29.4 Å². The quantitative estimate of drug-likeness (QED) is 0.692. The first kappa shape index (κ1) is 18.4. The molecule has 0 spiro atoms. The third-order valence-corrected chi connectivity index (χ3v) is 4.69. The fourth-order valence-corrected chi connectivity index (χ4v) is 3.14. The lowest BCUT2D eigenvalue weighted by molar-refractivity contribution is -0.121. The van der Waals surface area contributed by atoms with Crippen LogP contribution in [0.1, 0.15) is 17.5 Å². The van der Waals surface area contributed by atoms with Crippen LogP contribution < -0.4 is 5.32 Å². The molecule has 0 bridgehead atoms. The summed E-state index contributed by atoms with van der Waals surface area (Å²) in [5, 5.41) is 8.19. The maximum absolute atomic E-state index is 12.1. The molecule has 3 rings (SSSR count). The Bertz CT molecular complexity index is 886. The van der Waals surface area contributed by atoms with Crippen LogP contribution in [0.5, 0.6) is 0 Å². The van der Waals surface area contributed by atoms with Crippen LogP contribution in [0.25, 0.3) is 11.3 Å². The lowest BCUT2D eigenvalue weighted by Gasteiger charge is -2.08. The van der Waals surface area contributed by atoms with E-state index < -0.39 is 0 Å². The maximum Gasteiger partial charge on any atom is 0.220 e. The number of amides is 1. The van der Waals surface area contributed by atoms with Crippen LogP contribution in [0.2, 0.25) is 10.0 Å². The molecule has 0 unspecified atom stereocenters. The van der Waals surface area contributed by atoms with Gasteiger partial charge in [-0.2, -0.15) is 5.10 Å². The van der Waals surface area contributed by atoms with Gasteiger partial charge >= 0.3 is 0 Å². The zero-order valence-electron chi connectivity index (χ0n) is 14.2. The predicted octanol–water partition coefficient (Wildman–Crippen LogP) is 4.04. The Balaban J connectivity index is 1.51. The number of carbonyl (C=O) groups excluding carboxylic acids is 1. The van der Waals surface area contributed by atoms with Gasteiger partial charge in [0.25, 0.3) is 0 Å². The number of rotatable bonds is 6. The Morgan fingerprint density at radius 2 is 1.92 bits per heavy atom. The predicted molar refractivity (Wildman–Crippen MR) is 103 cm³/mol. The summed E-state index contributed by atoms with van der Waals surface area (Å²) in [7, 11) is 1.86. The van der Waals surface area contributed by atoms with Gasteiger partial charge in [-0.25, -0.2) is 0 Å². The molecule has 26 heavy (non-hydrogen) atoms. The van der Waals surface area contributed by atoms with Crippen molar-refractivity contribution >= 4 is 29.1 Å². The zero-order chi connectivity index (χ0) is 18.5. The van der Waals surface area contributed by atoms with E-state index in [1.165, 1.54) is 0 Å². The van der Waals surface area contributed by atoms with Crippen LogP contribution in [-0.4, -0.2) is 20.7 Å². The van der Waals surface area contributed by atoms with Crippen LogP contribution in [0.15, 0.2) is 48.9 Å². The summed E-state index contributed by atoms with van der Waals surface area (Å²) in [4.78, 5) is 16.5. The van der Waals surface area contributed by atoms with Gasteiger partial charge in [-0.3, -0.25) is 14.5 Å². The molecule has 1 N–H and O–H groups in total. The van der Waals surface area contributed by atoms with E-state index >= 15 is 0 Å². The molecule has 2 aromatic heterocycles. The second-order valence-electron chi connectivity index (χ2n) is 5.93. The lowest BCUT2D eigenvalue weighted by Crippen LogP contribution is -2.23. The fraction of sp³-hybridized carbons (Fsp3) is 0.211. The minimum absolute atomic E-state index is 0.0580. The van der Waals surface area contributed by atoms with Gasteiger partial charge in [0.1, 0.15) is 0 Å². The standard InChI is InChI=1S/C19H18Cl2N4O/c1-25-12-14(11-24-25)18-7-5-13(9-22-18)10-23-19(26)8-6-15-16(20)3-2-4-17(15)21/h2-5,7,9,11-12H,6,8,10H2,1H3,(H,23,26). The first-order valence-corrected chi connectivity index (χ1v) is 8.92. The number of aromatic nitrogens is 3. The molecule has 0 fully saturated rings. The number of nitrogens with one attached hydrogen (secondary N) is 1. The molecule has 0 saturated carbocycles. The van der Waals surface area contributed by atoms with Crippen molar-refractivity contribution in [2.24, 2.45) is 7.05 Å². The molecule has 5 nitrogen and oxygen atoms in total. The third-order valence-electron chi connectivity index (χ3n) is 3.98. The molecule has 0 aliphatic heterocycles. The van der Waals surface area contributed by atoms with E-state index in [0.717, 1.165) is 22.4 Å². The van der Waals surface area contributed by atoms with E-state index in [2.05, 4.69) is 15.4 Å². The highest BCUT2D eigenvalue weighted by molar-refractivity contribution is 6.36. The van der Waals surface area contributed by atoms with Gasteiger partial charge in [0.2, 0.25) is 5.91 Å². The van der Waals surface area contributed by atoms with Crippen molar-refractivity contribution < 1.29 is 4.79 Å². The highest BCUT2D eigenvalue weighted by Gasteiger charge is 2.09. The van der Waals surface area contributed by atoms with Crippen LogP contribution in [0, 0.1) is 0 Å². The number of carbonyl (C=O) groups is 1. The summed E-state index contributed by atoms with van der Waals surface area (Å²) in [6, 6.07) is 9.20. The smallest absolute Gasteiger partial charge is 0.220 e. The molecule has 0 radical (unpaired) electrons. The second kappa shape index (κ2) is 8.34. The van der Waals surface area contributed by atoms with Crippen molar-refractivity contribution in [1.82, 2.24) is 20.1 Å². The Hall–Kier alpha value is -2.37. The number of aryl methyl sites for hydroxylation is 1. The van der Waals surface area contributed by atoms with Crippen molar-refractivity contribution in [3.8, 4) is 11.3 Å². The summed E-state index contributed by atoms with van der Waals surface area (Å²) in [6.45, 7) is 0.426. The molecular formula is C19H18Cl2N4O. The minimum atomic E-state index is -0.0580. The van der Waals surface area contributed by atoms with E-state index in [9.17, 15) is 4.79 Å². The lowest BCUT2D eigenvalue weighted by atomic mass is 10.1. The van der Waals surface area contributed by atoms with Crippen molar-refractivity contribution in [2.75, 3.05) is 0 Å². The minimum Gasteiger partial charge on any atom is -0.352 e. The molecule has 0 saturated heterocycles. The third kappa shape index (κ3) is 4.62. The number of hydrogen-bond acceptors (Lipinski definition) is 3. The van der Waals surface area contributed by atoms with Gasteiger partial charge in [0.15, 0.2) is 0 Å². The van der Waals surface area contributed by atoms with Gasteiger partial charge in [0.05, 0.1) is 11.9 Å². The second-order valence-corrected chi connectivity index (χ2v) is 6.75. The number of halogens is 2. The Morgan fingerprint density at radius 3 is 2.54 bits per heavy atom. The molecule has 3 aromatic rings. The van der Waals surface area contributed by atoms with Crippen LogP contribution in [0.4, 0.5) is 0 Å². The number of nitrogens with zero attached hydrogens (tertiary/aromatic N) is 3. The van der Waals surface area contributed by atoms with Crippen LogP contribution in [0.3, 0.4) is 0 Å². The number of pyridine rings is 1. The topological polar surface area (TPSA) is 59.8 Å². The summed E-state index contributed by atoms with van der Waals surface area (Å²) < 4.78 is 1.73. The summed E-state index contributed by atoms with van der Waals surface area (Å²) >= 11 is 12.2. The largest absolute Gasteiger partial charge is 0.352 e.